The molecule has 2 aromatic carbocycles. The summed E-state index contributed by atoms with van der Waals surface area (Å²) >= 11 is 0. The predicted octanol–water partition coefficient (Wildman–Crippen LogP) is 4.94. The van der Waals surface area contributed by atoms with Gasteiger partial charge in [0.2, 0.25) is 5.55 Å². The third-order valence-electron chi connectivity index (χ3n) is 4.68. The average Bonchev–Trinajstić information content (AvgIpc) is 2.69. The molecule has 0 aliphatic rings. The third kappa shape index (κ3) is 4.07. The minimum atomic E-state index is -0.379. The Bertz CT molecular complexity index is 1340. The summed E-state index contributed by atoms with van der Waals surface area (Å²) in [7, 11) is 0. The SMILES string of the molecule is Cc1ccc(N=c2oc3cc(O)ccc3cc2C(=O)Nc2cccc(C)n2)c(C)c1. The van der Waals surface area contributed by atoms with Crippen LogP contribution in [0.4, 0.5) is 11.5 Å². The zero-order valence-corrected chi connectivity index (χ0v) is 16.9. The van der Waals surface area contributed by atoms with Crippen LogP contribution in [0, 0.1) is 20.8 Å². The Morgan fingerprint density at radius 2 is 1.87 bits per heavy atom. The number of nitrogens with zero attached hydrogens (tertiary/aromatic N) is 2. The van der Waals surface area contributed by atoms with Crippen molar-refractivity contribution in [1.29, 1.82) is 0 Å². The van der Waals surface area contributed by atoms with Crippen LogP contribution in [-0.4, -0.2) is 16.0 Å². The largest absolute Gasteiger partial charge is 0.508 e. The number of amides is 1. The van der Waals surface area contributed by atoms with Crippen molar-refractivity contribution < 1.29 is 14.3 Å². The molecule has 0 aliphatic carbocycles. The lowest BCUT2D eigenvalue weighted by molar-refractivity contribution is 0.102. The summed E-state index contributed by atoms with van der Waals surface area (Å²) in [5.41, 5.74) is 4.45. The number of pyridine rings is 1. The van der Waals surface area contributed by atoms with Gasteiger partial charge in [-0.25, -0.2) is 9.98 Å². The van der Waals surface area contributed by atoms with Crippen molar-refractivity contribution in [2.75, 3.05) is 5.32 Å². The van der Waals surface area contributed by atoms with Crippen LogP contribution in [0.15, 0.2) is 70.1 Å². The molecule has 0 saturated carbocycles. The minimum absolute atomic E-state index is 0.0740. The minimum Gasteiger partial charge on any atom is -0.508 e. The Morgan fingerprint density at radius 1 is 1.03 bits per heavy atom. The van der Waals surface area contributed by atoms with E-state index in [4.69, 9.17) is 4.42 Å². The zero-order chi connectivity index (χ0) is 21.3. The fourth-order valence-electron chi connectivity index (χ4n) is 3.19. The second kappa shape index (κ2) is 7.83. The summed E-state index contributed by atoms with van der Waals surface area (Å²) < 4.78 is 5.94. The summed E-state index contributed by atoms with van der Waals surface area (Å²) in [6.07, 6.45) is 0. The Hall–Kier alpha value is -3.93. The fraction of sp³-hybridized carbons (Fsp3) is 0.125. The number of phenols is 1. The predicted molar refractivity (Wildman–Crippen MR) is 116 cm³/mol. The van der Waals surface area contributed by atoms with Crippen molar-refractivity contribution in [3.8, 4) is 5.75 Å². The maximum Gasteiger partial charge on any atom is 0.262 e. The Balaban J connectivity index is 1.88. The molecule has 0 radical (unpaired) electrons. The molecule has 2 aromatic heterocycles. The normalized spacial score (nSPS) is 11.6. The van der Waals surface area contributed by atoms with Crippen LogP contribution in [0.1, 0.15) is 27.2 Å². The van der Waals surface area contributed by atoms with Crippen molar-refractivity contribution in [2.24, 2.45) is 4.99 Å². The Labute approximate surface area is 173 Å². The van der Waals surface area contributed by atoms with Crippen molar-refractivity contribution in [1.82, 2.24) is 4.98 Å². The number of nitrogens with one attached hydrogen (secondary N) is 1. The number of hydrogen-bond acceptors (Lipinski definition) is 5. The zero-order valence-electron chi connectivity index (χ0n) is 16.9. The molecule has 0 atom stereocenters. The van der Waals surface area contributed by atoms with Crippen LogP contribution >= 0.6 is 0 Å². The number of phenolic OH excluding ortho intramolecular Hbond substituents is 1. The van der Waals surface area contributed by atoms with Gasteiger partial charge >= 0.3 is 0 Å². The molecule has 6 heteroatoms. The standard InChI is InChI=1S/C24H21N3O3/c1-14-7-10-20(15(2)11-14)26-24-19(12-17-8-9-18(28)13-21(17)30-24)23(29)27-22-6-4-5-16(3)25-22/h4-13,28H,1-3H3,(H,25,27,29). The number of carbonyl (C=O) groups is 1. The van der Waals surface area contributed by atoms with Gasteiger partial charge in [-0.2, -0.15) is 0 Å². The molecule has 4 rings (SSSR count). The first-order valence-electron chi connectivity index (χ1n) is 9.53. The van der Waals surface area contributed by atoms with E-state index in [9.17, 15) is 9.90 Å². The van der Waals surface area contributed by atoms with Gasteiger partial charge < -0.3 is 14.8 Å². The topological polar surface area (TPSA) is 87.7 Å². The monoisotopic (exact) mass is 399 g/mol. The van der Waals surface area contributed by atoms with Gasteiger partial charge in [0.15, 0.2) is 0 Å². The highest BCUT2D eigenvalue weighted by molar-refractivity contribution is 6.05. The number of carbonyl (C=O) groups excluding carboxylic acids is 1. The van der Waals surface area contributed by atoms with Gasteiger partial charge in [-0.05, 0) is 62.7 Å². The molecule has 2 heterocycles. The van der Waals surface area contributed by atoms with E-state index in [1.807, 2.05) is 51.1 Å². The lowest BCUT2D eigenvalue weighted by Gasteiger charge is -2.08. The molecule has 0 aliphatic heterocycles. The van der Waals surface area contributed by atoms with Gasteiger partial charge in [-0.3, -0.25) is 4.79 Å². The van der Waals surface area contributed by atoms with Crippen LogP contribution in [0.25, 0.3) is 11.0 Å². The van der Waals surface area contributed by atoms with Crippen LogP contribution in [0.3, 0.4) is 0 Å². The molecule has 0 saturated heterocycles. The van der Waals surface area contributed by atoms with E-state index in [2.05, 4.69) is 15.3 Å². The van der Waals surface area contributed by atoms with E-state index in [0.717, 1.165) is 16.8 Å². The fourth-order valence-corrected chi connectivity index (χ4v) is 3.19. The van der Waals surface area contributed by atoms with Crippen molar-refractivity contribution in [2.45, 2.75) is 20.8 Å². The van der Waals surface area contributed by atoms with E-state index in [-0.39, 0.29) is 22.8 Å². The van der Waals surface area contributed by atoms with Gasteiger partial charge in [0.1, 0.15) is 22.7 Å². The number of rotatable bonds is 3. The summed E-state index contributed by atoms with van der Waals surface area (Å²) in [5.74, 6) is 0.142. The third-order valence-corrected chi connectivity index (χ3v) is 4.68. The smallest absolute Gasteiger partial charge is 0.262 e. The molecule has 0 bridgehead atoms. The number of aromatic hydroxyl groups is 1. The first-order valence-corrected chi connectivity index (χ1v) is 9.53. The Morgan fingerprint density at radius 3 is 2.63 bits per heavy atom. The maximum atomic E-state index is 13.1. The van der Waals surface area contributed by atoms with E-state index >= 15 is 0 Å². The molecule has 150 valence electrons. The van der Waals surface area contributed by atoms with E-state index in [0.29, 0.717) is 22.5 Å². The summed E-state index contributed by atoms with van der Waals surface area (Å²) in [4.78, 5) is 22.0. The van der Waals surface area contributed by atoms with Crippen LogP contribution < -0.4 is 10.9 Å². The van der Waals surface area contributed by atoms with Crippen molar-refractivity contribution >= 4 is 28.4 Å². The first-order chi connectivity index (χ1) is 14.4. The molecule has 0 unspecified atom stereocenters. The summed E-state index contributed by atoms with van der Waals surface area (Å²) in [6.45, 7) is 5.82. The number of hydrogen-bond donors (Lipinski definition) is 2. The average molecular weight is 399 g/mol. The van der Waals surface area contributed by atoms with Gasteiger partial charge in [-0.15, -0.1) is 0 Å². The number of fused-ring (bicyclic) bond motifs is 1. The number of aryl methyl sites for hydroxylation is 3. The quantitative estimate of drug-likeness (QED) is 0.511. The van der Waals surface area contributed by atoms with Gasteiger partial charge in [0.05, 0.1) is 5.69 Å². The van der Waals surface area contributed by atoms with E-state index in [1.54, 1.807) is 24.3 Å². The molecule has 30 heavy (non-hydrogen) atoms. The molecular weight excluding hydrogens is 378 g/mol. The summed E-state index contributed by atoms with van der Waals surface area (Å²) in [5, 5.41) is 13.3. The lowest BCUT2D eigenvalue weighted by Crippen LogP contribution is -2.22. The summed E-state index contributed by atoms with van der Waals surface area (Å²) in [6, 6.07) is 17.7. The second-order valence-corrected chi connectivity index (χ2v) is 7.21. The number of aromatic nitrogens is 1. The van der Waals surface area contributed by atoms with Crippen LogP contribution in [0.2, 0.25) is 0 Å². The van der Waals surface area contributed by atoms with Gasteiger partial charge in [0.25, 0.3) is 5.91 Å². The molecule has 6 nitrogen and oxygen atoms in total. The molecule has 0 spiro atoms. The van der Waals surface area contributed by atoms with Gasteiger partial charge in [-0.1, -0.05) is 23.8 Å². The van der Waals surface area contributed by atoms with Crippen LogP contribution in [0.5, 0.6) is 5.75 Å². The Kier molecular flexibility index (Phi) is 5.06. The molecule has 2 N–H and O–H groups in total. The maximum absolute atomic E-state index is 13.1. The van der Waals surface area contributed by atoms with Crippen molar-refractivity contribution in [3.63, 3.8) is 0 Å². The van der Waals surface area contributed by atoms with Gasteiger partial charge in [0, 0.05) is 17.1 Å². The van der Waals surface area contributed by atoms with Crippen LogP contribution in [-0.2, 0) is 0 Å². The number of benzene rings is 2. The lowest BCUT2D eigenvalue weighted by atomic mass is 10.1. The highest BCUT2D eigenvalue weighted by atomic mass is 16.3. The highest BCUT2D eigenvalue weighted by Crippen LogP contribution is 2.22. The van der Waals surface area contributed by atoms with Crippen molar-refractivity contribution in [3.05, 3.63) is 88.6 Å². The first kappa shape index (κ1) is 19.4. The van der Waals surface area contributed by atoms with E-state index < -0.39 is 0 Å². The molecule has 1 amide bonds. The molecule has 0 fully saturated rings. The highest BCUT2D eigenvalue weighted by Gasteiger charge is 2.14. The van der Waals surface area contributed by atoms with E-state index in [1.165, 1.54) is 6.07 Å². The molecular formula is C24H21N3O3. The number of anilines is 1. The molecule has 4 aromatic rings. The second-order valence-electron chi connectivity index (χ2n) is 7.21.